The average Bonchev–Trinajstić information content (AvgIpc) is 2.74. The lowest BCUT2D eigenvalue weighted by molar-refractivity contribution is 0.0950. The third-order valence-electron chi connectivity index (χ3n) is 3.98. The molecule has 6 nitrogen and oxygen atoms in total. The summed E-state index contributed by atoms with van der Waals surface area (Å²) in [5, 5.41) is 5.41. The van der Waals surface area contributed by atoms with Crippen molar-refractivity contribution in [3.05, 3.63) is 89.5 Å². The third kappa shape index (κ3) is 4.91. The highest BCUT2D eigenvalue weighted by atomic mass is 19.1. The molecule has 3 aromatic rings. The second kappa shape index (κ2) is 8.77. The van der Waals surface area contributed by atoms with Crippen LogP contribution in [0.15, 0.2) is 67.0 Å². The predicted octanol–water partition coefficient (Wildman–Crippen LogP) is 3.41. The third-order valence-corrected chi connectivity index (χ3v) is 3.98. The molecule has 0 bridgehead atoms. The Morgan fingerprint density at radius 3 is 2.25 bits per heavy atom. The summed E-state index contributed by atoms with van der Waals surface area (Å²) >= 11 is 0. The molecule has 142 valence electrons. The van der Waals surface area contributed by atoms with Crippen LogP contribution >= 0.6 is 0 Å². The predicted molar refractivity (Wildman–Crippen MR) is 103 cm³/mol. The molecule has 0 aliphatic carbocycles. The smallest absolute Gasteiger partial charge is 0.257 e. The Hall–Kier alpha value is -3.74. The molecule has 0 unspecified atom stereocenters. The monoisotopic (exact) mass is 379 g/mol. The van der Waals surface area contributed by atoms with Crippen LogP contribution in [0.1, 0.15) is 26.3 Å². The van der Waals surface area contributed by atoms with Crippen molar-refractivity contribution >= 4 is 17.5 Å². The number of hydrogen-bond acceptors (Lipinski definition) is 4. The minimum atomic E-state index is -0.441. The number of aromatic nitrogens is 1. The Labute approximate surface area is 161 Å². The normalized spacial score (nSPS) is 10.2. The fourth-order valence-corrected chi connectivity index (χ4v) is 2.45. The van der Waals surface area contributed by atoms with E-state index in [9.17, 15) is 14.0 Å². The highest BCUT2D eigenvalue weighted by Gasteiger charge is 2.12. The van der Waals surface area contributed by atoms with E-state index < -0.39 is 11.7 Å². The quantitative estimate of drug-likeness (QED) is 0.688. The van der Waals surface area contributed by atoms with Crippen LogP contribution in [0.5, 0.6) is 5.75 Å². The lowest BCUT2D eigenvalue weighted by Crippen LogP contribution is -2.23. The van der Waals surface area contributed by atoms with Gasteiger partial charge >= 0.3 is 0 Å². The van der Waals surface area contributed by atoms with Crippen molar-refractivity contribution in [3.63, 3.8) is 0 Å². The van der Waals surface area contributed by atoms with Gasteiger partial charge in [-0.05, 0) is 48.0 Å². The number of halogens is 1. The number of pyridine rings is 1. The van der Waals surface area contributed by atoms with Crippen molar-refractivity contribution in [3.8, 4) is 5.75 Å². The summed E-state index contributed by atoms with van der Waals surface area (Å²) in [6.45, 7) is 0.328. The van der Waals surface area contributed by atoms with Gasteiger partial charge in [0.05, 0.1) is 18.2 Å². The first kappa shape index (κ1) is 19.0. The van der Waals surface area contributed by atoms with Gasteiger partial charge in [0.2, 0.25) is 0 Å². The number of benzene rings is 2. The van der Waals surface area contributed by atoms with Crippen LogP contribution in [-0.2, 0) is 6.54 Å². The molecule has 0 radical (unpaired) electrons. The van der Waals surface area contributed by atoms with E-state index in [0.717, 1.165) is 11.3 Å². The first-order valence-corrected chi connectivity index (χ1v) is 8.48. The summed E-state index contributed by atoms with van der Waals surface area (Å²) in [5.74, 6) is -0.446. The number of hydrogen-bond donors (Lipinski definition) is 2. The molecule has 0 aliphatic rings. The number of rotatable bonds is 6. The van der Waals surface area contributed by atoms with Crippen LogP contribution in [0.3, 0.4) is 0 Å². The van der Waals surface area contributed by atoms with Crippen LogP contribution in [0.4, 0.5) is 10.1 Å². The number of carbonyl (C=O) groups excluding carboxylic acids is 2. The molecule has 0 aliphatic heterocycles. The van der Waals surface area contributed by atoms with Gasteiger partial charge < -0.3 is 15.4 Å². The molecule has 7 heteroatoms. The zero-order valence-electron chi connectivity index (χ0n) is 15.1. The number of amides is 2. The van der Waals surface area contributed by atoms with E-state index in [1.54, 1.807) is 7.11 Å². The van der Waals surface area contributed by atoms with Crippen LogP contribution in [0.25, 0.3) is 0 Å². The van der Waals surface area contributed by atoms with Crippen molar-refractivity contribution in [1.82, 2.24) is 10.3 Å². The van der Waals surface area contributed by atoms with Gasteiger partial charge in [0, 0.05) is 24.6 Å². The molecular formula is C21H18FN3O3. The maximum absolute atomic E-state index is 12.9. The Balaban J connectivity index is 1.63. The lowest BCUT2D eigenvalue weighted by Gasteiger charge is -2.08. The molecule has 28 heavy (non-hydrogen) atoms. The summed E-state index contributed by atoms with van der Waals surface area (Å²) in [4.78, 5) is 28.6. The molecule has 3 rings (SSSR count). The van der Waals surface area contributed by atoms with E-state index in [1.807, 2.05) is 24.3 Å². The van der Waals surface area contributed by atoms with E-state index in [4.69, 9.17) is 4.74 Å². The lowest BCUT2D eigenvalue weighted by atomic mass is 10.1. The maximum Gasteiger partial charge on any atom is 0.257 e. The Bertz CT molecular complexity index is 973. The van der Waals surface area contributed by atoms with Gasteiger partial charge in [-0.2, -0.15) is 0 Å². The molecule has 0 spiro atoms. The number of carbonyl (C=O) groups is 2. The van der Waals surface area contributed by atoms with Crippen molar-refractivity contribution in [2.24, 2.45) is 0 Å². The summed E-state index contributed by atoms with van der Waals surface area (Å²) in [6.07, 6.45) is 2.75. The summed E-state index contributed by atoms with van der Waals surface area (Å²) in [7, 11) is 1.59. The van der Waals surface area contributed by atoms with Crippen molar-refractivity contribution in [1.29, 1.82) is 0 Å². The van der Waals surface area contributed by atoms with E-state index in [-0.39, 0.29) is 17.0 Å². The van der Waals surface area contributed by atoms with Gasteiger partial charge in [-0.1, -0.05) is 12.1 Å². The molecule has 0 saturated heterocycles. The minimum Gasteiger partial charge on any atom is -0.497 e. The number of nitrogens with one attached hydrogen (secondary N) is 2. The second-order valence-corrected chi connectivity index (χ2v) is 5.95. The molecule has 1 heterocycles. The van der Waals surface area contributed by atoms with Crippen LogP contribution in [0.2, 0.25) is 0 Å². The SMILES string of the molecule is COc1ccc(CNC(=O)c2cncc(C(=O)Nc3ccc(F)cc3)c2)cc1. The van der Waals surface area contributed by atoms with Crippen molar-refractivity contribution < 1.29 is 18.7 Å². The van der Waals surface area contributed by atoms with Gasteiger partial charge in [0.25, 0.3) is 11.8 Å². The Morgan fingerprint density at radius 2 is 1.61 bits per heavy atom. The van der Waals surface area contributed by atoms with Crippen LogP contribution < -0.4 is 15.4 Å². The highest BCUT2D eigenvalue weighted by Crippen LogP contribution is 2.13. The molecule has 0 saturated carbocycles. The van der Waals surface area contributed by atoms with Crippen LogP contribution in [-0.4, -0.2) is 23.9 Å². The molecule has 1 aromatic heterocycles. The molecule has 0 atom stereocenters. The number of methoxy groups -OCH3 is 1. The summed E-state index contributed by atoms with van der Waals surface area (Å²) < 4.78 is 18.0. The first-order chi connectivity index (χ1) is 13.5. The number of ether oxygens (including phenoxy) is 1. The van der Waals surface area contributed by atoms with Crippen molar-refractivity contribution in [2.75, 3.05) is 12.4 Å². The first-order valence-electron chi connectivity index (χ1n) is 8.48. The zero-order chi connectivity index (χ0) is 19.9. The number of anilines is 1. The van der Waals surface area contributed by atoms with E-state index in [1.165, 1.54) is 42.7 Å². The number of nitrogens with zero attached hydrogens (tertiary/aromatic N) is 1. The molecular weight excluding hydrogens is 361 g/mol. The van der Waals surface area contributed by atoms with Crippen LogP contribution in [0, 0.1) is 5.82 Å². The molecule has 2 amide bonds. The maximum atomic E-state index is 12.9. The second-order valence-electron chi connectivity index (χ2n) is 5.95. The highest BCUT2D eigenvalue weighted by molar-refractivity contribution is 6.05. The molecule has 2 aromatic carbocycles. The van der Waals surface area contributed by atoms with Gasteiger partial charge in [-0.15, -0.1) is 0 Å². The fraction of sp³-hybridized carbons (Fsp3) is 0.0952. The Kier molecular flexibility index (Phi) is 5.96. The van der Waals surface area contributed by atoms with Gasteiger partial charge in [0.15, 0.2) is 0 Å². The minimum absolute atomic E-state index is 0.224. The van der Waals surface area contributed by atoms with Gasteiger partial charge in [-0.3, -0.25) is 14.6 Å². The zero-order valence-corrected chi connectivity index (χ0v) is 15.1. The average molecular weight is 379 g/mol. The molecule has 0 fully saturated rings. The topological polar surface area (TPSA) is 80.3 Å². The summed E-state index contributed by atoms with van der Waals surface area (Å²) in [5.41, 5.74) is 1.84. The van der Waals surface area contributed by atoms with E-state index in [0.29, 0.717) is 12.2 Å². The van der Waals surface area contributed by atoms with E-state index >= 15 is 0 Å². The largest absolute Gasteiger partial charge is 0.497 e. The Morgan fingerprint density at radius 1 is 0.964 bits per heavy atom. The van der Waals surface area contributed by atoms with Gasteiger partial charge in [0.1, 0.15) is 11.6 Å². The molecule has 2 N–H and O–H groups in total. The van der Waals surface area contributed by atoms with E-state index in [2.05, 4.69) is 15.6 Å². The standard InChI is InChI=1S/C21H18FN3O3/c1-28-19-8-2-14(3-9-19)11-24-20(26)15-10-16(13-23-12-15)21(27)25-18-6-4-17(22)5-7-18/h2-10,12-13H,11H2,1H3,(H,24,26)(H,25,27). The fourth-order valence-electron chi connectivity index (χ4n) is 2.45. The van der Waals surface area contributed by atoms with Crippen molar-refractivity contribution in [2.45, 2.75) is 6.54 Å². The van der Waals surface area contributed by atoms with Gasteiger partial charge in [-0.25, -0.2) is 4.39 Å². The summed E-state index contributed by atoms with van der Waals surface area (Å²) in [6, 6.07) is 14.2.